The van der Waals surface area contributed by atoms with Crippen LogP contribution in [0.3, 0.4) is 0 Å². The molecule has 6 rings (SSSR count). The molecule has 0 radical (unpaired) electrons. The highest BCUT2D eigenvalue weighted by molar-refractivity contribution is 6.17. The van der Waals surface area contributed by atoms with Gasteiger partial charge in [-0.1, -0.05) is 12.1 Å². The summed E-state index contributed by atoms with van der Waals surface area (Å²) in [6.07, 6.45) is 1.54. The molecule has 11 nitrogen and oxygen atoms in total. The Morgan fingerprint density at radius 3 is 2.42 bits per heavy atom. The number of hydrogen-bond acceptors (Lipinski definition) is 7. The van der Waals surface area contributed by atoms with E-state index in [-0.39, 0.29) is 28.8 Å². The van der Waals surface area contributed by atoms with Crippen molar-refractivity contribution in [1.29, 1.82) is 0 Å². The summed E-state index contributed by atoms with van der Waals surface area (Å²) in [6.45, 7) is 2.15. The predicted octanol–water partition coefficient (Wildman–Crippen LogP) is 1.02. The lowest BCUT2D eigenvalue weighted by atomic mass is 9.75. The molecular weight excluding hydrogens is 492 g/mol. The Bertz CT molecular complexity index is 1640. The number of pyridine rings is 1. The summed E-state index contributed by atoms with van der Waals surface area (Å²) >= 11 is 0. The molecule has 1 aromatic heterocycles. The summed E-state index contributed by atoms with van der Waals surface area (Å²) in [5, 5.41) is 25.5. The van der Waals surface area contributed by atoms with E-state index in [1.807, 2.05) is 0 Å². The van der Waals surface area contributed by atoms with E-state index in [1.165, 1.54) is 25.4 Å². The molecule has 2 aromatic carbocycles. The van der Waals surface area contributed by atoms with Crippen LogP contribution in [0.2, 0.25) is 0 Å². The van der Waals surface area contributed by atoms with Gasteiger partial charge in [0.2, 0.25) is 23.2 Å². The zero-order valence-electron chi connectivity index (χ0n) is 20.5. The highest BCUT2D eigenvalue weighted by atomic mass is 16.4. The zero-order valence-corrected chi connectivity index (χ0v) is 20.5. The second kappa shape index (κ2) is 7.99. The monoisotopic (exact) mass is 516 g/mol. The molecule has 194 valence electrons. The number of aromatic carboxylic acids is 1. The van der Waals surface area contributed by atoms with Crippen LogP contribution >= 0.6 is 0 Å². The Kier molecular flexibility index (Phi) is 5.02. The average molecular weight is 517 g/mol. The van der Waals surface area contributed by atoms with Crippen LogP contribution in [0.25, 0.3) is 10.9 Å². The molecule has 4 N–H and O–H groups in total. The summed E-state index contributed by atoms with van der Waals surface area (Å²) in [5.74, 6) is -4.94. The first-order chi connectivity index (χ1) is 18.1. The average Bonchev–Trinajstić information content (AvgIpc) is 3.45. The van der Waals surface area contributed by atoms with Crippen molar-refractivity contribution in [3.05, 3.63) is 69.5 Å². The van der Waals surface area contributed by atoms with Crippen LogP contribution in [0.4, 0.5) is 5.69 Å². The third kappa shape index (κ3) is 2.96. The first-order valence-electron chi connectivity index (χ1n) is 12.2. The predicted molar refractivity (Wildman–Crippen MR) is 135 cm³/mol. The number of hydrogen-bond donors (Lipinski definition) is 4. The third-order valence-corrected chi connectivity index (χ3v) is 8.10. The van der Waals surface area contributed by atoms with Gasteiger partial charge in [-0.2, -0.15) is 0 Å². The van der Waals surface area contributed by atoms with Crippen molar-refractivity contribution in [1.82, 2.24) is 14.8 Å². The number of aromatic hydroxyl groups is 1. The molecule has 3 aliphatic rings. The Labute approximate surface area is 215 Å². The molecule has 4 heterocycles. The highest BCUT2D eigenvalue weighted by Gasteiger charge is 2.70. The molecule has 11 heteroatoms. The number of carboxylic acid groups (broad SMARTS) is 1. The normalized spacial score (nSPS) is 25.8. The van der Waals surface area contributed by atoms with Crippen LogP contribution in [0.15, 0.2) is 47.4 Å². The second-order valence-corrected chi connectivity index (χ2v) is 9.97. The van der Waals surface area contributed by atoms with Gasteiger partial charge in [0.05, 0.1) is 22.7 Å². The van der Waals surface area contributed by atoms with E-state index in [9.17, 15) is 34.2 Å². The van der Waals surface area contributed by atoms with Gasteiger partial charge in [-0.05, 0) is 43.2 Å². The number of benzene rings is 2. The Morgan fingerprint density at radius 2 is 1.76 bits per heavy atom. The molecule has 0 aliphatic carbocycles. The Morgan fingerprint density at radius 1 is 1.05 bits per heavy atom. The number of anilines is 1. The van der Waals surface area contributed by atoms with Gasteiger partial charge >= 0.3 is 5.97 Å². The molecule has 38 heavy (non-hydrogen) atoms. The number of phenols is 1. The highest BCUT2D eigenvalue weighted by Crippen LogP contribution is 2.54. The smallest absolute Gasteiger partial charge is 0.341 e. The minimum absolute atomic E-state index is 0.0222. The number of aromatic nitrogens is 1. The summed E-state index contributed by atoms with van der Waals surface area (Å²) in [7, 11) is 1.37. The third-order valence-electron chi connectivity index (χ3n) is 8.10. The van der Waals surface area contributed by atoms with Gasteiger partial charge in [-0.3, -0.25) is 29.4 Å². The number of phenolic OH excluding ortho intramolecular Hbond substituents is 1. The lowest BCUT2D eigenvalue weighted by molar-refractivity contribution is -0.141. The number of amides is 3. The number of carbonyl (C=O) groups is 4. The fraction of sp³-hybridized carbons (Fsp3) is 0.296. The standard InChI is InChI=1S/C27H24N4O7/c1-3-31-11-14(25(36)37)22(33)19-17(31)9-8-15-20(19)27(26(38)28-15)21-18(23(34)30(2)24(21)35)16(29-27)10-12-4-6-13(32)7-5-12/h4-9,11,16,18,21,29,32H,3,10H2,1-2H3,(H,28,38)(H,36,37). The van der Waals surface area contributed by atoms with Crippen molar-refractivity contribution in [3.63, 3.8) is 0 Å². The van der Waals surface area contributed by atoms with E-state index in [1.54, 1.807) is 35.8 Å². The van der Waals surface area contributed by atoms with Gasteiger partial charge < -0.3 is 20.1 Å². The maximum Gasteiger partial charge on any atom is 0.341 e. The largest absolute Gasteiger partial charge is 0.508 e. The number of rotatable bonds is 4. The van der Waals surface area contributed by atoms with E-state index < -0.39 is 58.1 Å². The van der Waals surface area contributed by atoms with E-state index in [4.69, 9.17) is 0 Å². The van der Waals surface area contributed by atoms with Crippen LogP contribution < -0.4 is 16.1 Å². The second-order valence-electron chi connectivity index (χ2n) is 9.97. The van der Waals surface area contributed by atoms with Crippen molar-refractivity contribution < 1.29 is 29.4 Å². The first kappa shape index (κ1) is 23.9. The van der Waals surface area contributed by atoms with Gasteiger partial charge in [0.25, 0.3) is 0 Å². The number of nitrogens with zero attached hydrogens (tertiary/aromatic N) is 2. The van der Waals surface area contributed by atoms with Crippen molar-refractivity contribution in [2.24, 2.45) is 11.8 Å². The molecule has 4 unspecified atom stereocenters. The minimum atomic E-state index is -1.76. The van der Waals surface area contributed by atoms with Crippen LogP contribution in [0.5, 0.6) is 5.75 Å². The zero-order chi connectivity index (χ0) is 27.1. The minimum Gasteiger partial charge on any atom is -0.508 e. The van der Waals surface area contributed by atoms with Gasteiger partial charge in [0.1, 0.15) is 16.9 Å². The van der Waals surface area contributed by atoms with Crippen molar-refractivity contribution >= 4 is 40.3 Å². The molecule has 2 saturated heterocycles. The molecule has 2 fully saturated rings. The molecule has 1 spiro atoms. The first-order valence-corrected chi connectivity index (χ1v) is 12.2. The van der Waals surface area contributed by atoms with Gasteiger partial charge in [-0.25, -0.2) is 4.79 Å². The van der Waals surface area contributed by atoms with E-state index in [0.717, 1.165) is 10.5 Å². The summed E-state index contributed by atoms with van der Waals surface area (Å²) in [4.78, 5) is 67.3. The summed E-state index contributed by atoms with van der Waals surface area (Å²) in [6, 6.07) is 9.02. The van der Waals surface area contributed by atoms with Crippen LogP contribution in [0.1, 0.15) is 28.4 Å². The van der Waals surface area contributed by atoms with Crippen LogP contribution in [0, 0.1) is 11.8 Å². The molecular formula is C27H24N4O7. The maximum atomic E-state index is 13.8. The van der Waals surface area contributed by atoms with Crippen molar-refractivity contribution in [2.45, 2.75) is 31.5 Å². The van der Waals surface area contributed by atoms with Gasteiger partial charge in [0.15, 0.2) is 0 Å². The topological polar surface area (TPSA) is 158 Å². The number of carbonyl (C=O) groups excluding carboxylic acids is 3. The van der Waals surface area contributed by atoms with Crippen molar-refractivity contribution in [3.8, 4) is 5.75 Å². The van der Waals surface area contributed by atoms with E-state index >= 15 is 0 Å². The molecule has 3 aliphatic heterocycles. The number of imide groups is 1. The van der Waals surface area contributed by atoms with E-state index in [0.29, 0.717) is 12.1 Å². The fourth-order valence-corrected chi connectivity index (χ4v) is 6.41. The maximum absolute atomic E-state index is 13.8. The summed E-state index contributed by atoms with van der Waals surface area (Å²) in [5.41, 5.74) is -1.32. The quantitative estimate of drug-likeness (QED) is 0.374. The number of nitrogens with one attached hydrogen (secondary N) is 2. The Balaban J connectivity index is 1.63. The molecule has 0 bridgehead atoms. The summed E-state index contributed by atoms with van der Waals surface area (Å²) < 4.78 is 1.62. The molecule has 0 saturated carbocycles. The van der Waals surface area contributed by atoms with Crippen LogP contribution in [-0.2, 0) is 32.9 Å². The number of aryl methyl sites for hydroxylation is 1. The lowest BCUT2D eigenvalue weighted by Gasteiger charge is -2.30. The lowest BCUT2D eigenvalue weighted by Crippen LogP contribution is -2.53. The van der Waals surface area contributed by atoms with Gasteiger partial charge in [0, 0.05) is 37.1 Å². The molecule has 4 atom stereocenters. The number of fused-ring (bicyclic) bond motifs is 6. The number of likely N-dealkylation sites (tertiary alicyclic amines) is 1. The molecule has 3 aromatic rings. The van der Waals surface area contributed by atoms with Gasteiger partial charge in [-0.15, -0.1) is 0 Å². The van der Waals surface area contributed by atoms with E-state index in [2.05, 4.69) is 10.6 Å². The van der Waals surface area contributed by atoms with Crippen LogP contribution in [-0.4, -0.2) is 56.5 Å². The molecule has 3 amide bonds. The number of carboxylic acids is 1. The fourth-order valence-electron chi connectivity index (χ4n) is 6.41. The Hall–Kier alpha value is -4.51. The SMILES string of the molecule is CCn1cc(C(=O)O)c(=O)c2c3c(ccc21)NC(=O)C31NC(Cc2ccc(O)cc2)C2C(=O)N(C)C(=O)C21. The van der Waals surface area contributed by atoms with Crippen molar-refractivity contribution in [2.75, 3.05) is 12.4 Å².